The lowest BCUT2D eigenvalue weighted by atomic mass is 9.75. The quantitative estimate of drug-likeness (QED) is 0.192. The Hall–Kier alpha value is -6.30. The number of allylic oxidation sites excluding steroid dienone is 3. The normalized spacial score (nSPS) is 19.1. The van der Waals surface area contributed by atoms with Gasteiger partial charge in [0.25, 0.3) is 0 Å². The van der Waals surface area contributed by atoms with Crippen LogP contribution in [0.3, 0.4) is 0 Å². The molecule has 2 aliphatic rings. The number of rotatable bonds is 3. The highest BCUT2D eigenvalue weighted by Crippen LogP contribution is 2.49. The van der Waals surface area contributed by atoms with E-state index in [1.54, 1.807) is 0 Å². The van der Waals surface area contributed by atoms with E-state index in [1.165, 1.54) is 16.5 Å². The molecule has 0 bridgehead atoms. The Morgan fingerprint density at radius 2 is 1.48 bits per heavy atom. The van der Waals surface area contributed by atoms with Gasteiger partial charge in [-0.05, 0) is 84.8 Å². The molecule has 2 aliphatic carbocycles. The average molecular weight is 645 g/mol. The molecule has 0 fully saturated rings. The summed E-state index contributed by atoms with van der Waals surface area (Å²) in [4.78, 5) is 0. The molecule has 8 aromatic rings. The molecule has 3 unspecified atom stereocenters. The van der Waals surface area contributed by atoms with E-state index in [0.29, 0.717) is 12.3 Å². The van der Waals surface area contributed by atoms with Gasteiger partial charge in [0.1, 0.15) is 5.58 Å². The summed E-state index contributed by atoms with van der Waals surface area (Å²) >= 11 is 0. The first-order valence-electron chi connectivity index (χ1n) is 17.4. The molecule has 10 rings (SSSR count). The molecule has 0 N–H and O–H groups in total. The van der Waals surface area contributed by atoms with Gasteiger partial charge in [0, 0.05) is 55.5 Å². The molecule has 5 heteroatoms. The predicted molar refractivity (Wildman–Crippen MR) is 202 cm³/mol. The zero-order valence-corrected chi connectivity index (χ0v) is 27.6. The second kappa shape index (κ2) is 10.9. The monoisotopic (exact) mass is 644 g/mol. The third-order valence-electron chi connectivity index (χ3n) is 11.2. The van der Waals surface area contributed by atoms with Gasteiger partial charge in [0.05, 0.1) is 34.6 Å². The third-order valence-corrected chi connectivity index (χ3v) is 11.2. The maximum Gasteiger partial charge on any atom is 0.160 e. The van der Waals surface area contributed by atoms with Crippen LogP contribution in [-0.2, 0) is 6.42 Å². The summed E-state index contributed by atoms with van der Waals surface area (Å²) in [5.41, 5.74) is 11.5. The van der Waals surface area contributed by atoms with Crippen molar-refractivity contribution in [3.63, 3.8) is 0 Å². The Bertz CT molecular complexity index is 2850. The second-order valence-electron chi connectivity index (χ2n) is 13.9. The fraction of sp³-hybridized carbons (Fsp3) is 0.156. The summed E-state index contributed by atoms with van der Waals surface area (Å²) in [6.45, 7) is 2.32. The minimum absolute atomic E-state index is 0.00533. The molecule has 0 spiro atoms. The summed E-state index contributed by atoms with van der Waals surface area (Å²) in [5.74, 6) is 0.145. The van der Waals surface area contributed by atoms with Crippen LogP contribution in [-0.4, -0.2) is 9.13 Å². The molecule has 0 radical (unpaired) electrons. The fourth-order valence-electron chi connectivity index (χ4n) is 8.90. The van der Waals surface area contributed by atoms with Crippen molar-refractivity contribution in [2.24, 2.45) is 11.8 Å². The van der Waals surface area contributed by atoms with E-state index < -0.39 is 0 Å². The molecule has 3 heterocycles. The number of fused-ring (bicyclic) bond motifs is 10. The zero-order valence-electron chi connectivity index (χ0n) is 27.6. The molecule has 0 aliphatic heterocycles. The summed E-state index contributed by atoms with van der Waals surface area (Å²) < 4.78 is 11.5. The van der Waals surface area contributed by atoms with E-state index in [0.717, 1.165) is 84.8 Å². The molecule has 3 atom stereocenters. The minimum atomic E-state index is -0.156. The second-order valence-corrected chi connectivity index (χ2v) is 13.9. The number of hydrogen-bond donors (Lipinski definition) is 0. The highest BCUT2D eigenvalue weighted by molar-refractivity contribution is 6.21. The van der Waals surface area contributed by atoms with Crippen molar-refractivity contribution < 1.29 is 4.42 Å². The first kappa shape index (κ1) is 28.7. The number of para-hydroxylation sites is 3. The molecule has 50 heavy (non-hydrogen) atoms. The van der Waals surface area contributed by atoms with Crippen LogP contribution in [0.2, 0.25) is 0 Å². The SMILES string of the molecule is CC1CCC(C#N)=C(n2c3c(c4ccccc42)CC(C#N)C=C3)C1c1ccc2oc3c(ccc4c5ccccc5n(-c5ccccc5)c43)c2c1. The Morgan fingerprint density at radius 1 is 0.740 bits per heavy atom. The van der Waals surface area contributed by atoms with E-state index in [9.17, 15) is 10.5 Å². The van der Waals surface area contributed by atoms with Gasteiger partial charge < -0.3 is 13.6 Å². The van der Waals surface area contributed by atoms with Gasteiger partial charge in [-0.15, -0.1) is 0 Å². The smallest absolute Gasteiger partial charge is 0.160 e. The van der Waals surface area contributed by atoms with E-state index in [2.05, 4.69) is 137 Å². The van der Waals surface area contributed by atoms with Gasteiger partial charge in [-0.3, -0.25) is 0 Å². The van der Waals surface area contributed by atoms with Gasteiger partial charge in [-0.2, -0.15) is 10.5 Å². The molecule has 238 valence electrons. The van der Waals surface area contributed by atoms with E-state index in [-0.39, 0.29) is 11.8 Å². The maximum atomic E-state index is 10.6. The minimum Gasteiger partial charge on any atom is -0.454 e. The third kappa shape index (κ3) is 3.98. The predicted octanol–water partition coefficient (Wildman–Crippen LogP) is 11.3. The fourth-order valence-corrected chi connectivity index (χ4v) is 8.90. The number of benzene rings is 5. The summed E-state index contributed by atoms with van der Waals surface area (Å²) in [7, 11) is 0. The topological polar surface area (TPSA) is 70.6 Å². The number of furan rings is 1. The molecular formula is C45H32N4O. The Labute approximate surface area is 289 Å². The molecule has 0 saturated carbocycles. The van der Waals surface area contributed by atoms with Gasteiger partial charge in [-0.1, -0.05) is 79.7 Å². The van der Waals surface area contributed by atoms with Crippen molar-refractivity contribution in [2.75, 3.05) is 0 Å². The van der Waals surface area contributed by atoms with Crippen molar-refractivity contribution in [3.8, 4) is 17.8 Å². The Morgan fingerprint density at radius 3 is 2.28 bits per heavy atom. The maximum absolute atomic E-state index is 10.6. The van der Waals surface area contributed by atoms with Crippen LogP contribution in [0.4, 0.5) is 0 Å². The molecule has 3 aromatic heterocycles. The lowest BCUT2D eigenvalue weighted by Gasteiger charge is -2.34. The highest BCUT2D eigenvalue weighted by atomic mass is 16.3. The van der Waals surface area contributed by atoms with Gasteiger partial charge in [0.2, 0.25) is 0 Å². The van der Waals surface area contributed by atoms with Crippen molar-refractivity contribution in [2.45, 2.75) is 32.1 Å². The van der Waals surface area contributed by atoms with Crippen LogP contribution in [0.25, 0.3) is 72.1 Å². The Kier molecular flexibility index (Phi) is 6.23. The van der Waals surface area contributed by atoms with Crippen molar-refractivity contribution in [1.29, 1.82) is 10.5 Å². The van der Waals surface area contributed by atoms with Crippen LogP contribution < -0.4 is 0 Å². The molecule has 0 amide bonds. The van der Waals surface area contributed by atoms with Crippen molar-refractivity contribution >= 4 is 66.4 Å². The molecule has 5 nitrogen and oxygen atoms in total. The van der Waals surface area contributed by atoms with E-state index >= 15 is 0 Å². The first-order valence-corrected chi connectivity index (χ1v) is 17.4. The number of hydrogen-bond acceptors (Lipinski definition) is 3. The number of nitrogens with zero attached hydrogens (tertiary/aromatic N) is 4. The number of aromatic nitrogens is 2. The summed E-state index contributed by atoms with van der Waals surface area (Å²) in [6, 6.07) is 43.7. The van der Waals surface area contributed by atoms with E-state index in [4.69, 9.17) is 4.42 Å². The average Bonchev–Trinajstić information content (AvgIpc) is 3.82. The largest absolute Gasteiger partial charge is 0.454 e. The van der Waals surface area contributed by atoms with Gasteiger partial charge in [-0.25, -0.2) is 0 Å². The van der Waals surface area contributed by atoms with Crippen molar-refractivity contribution in [3.05, 3.63) is 138 Å². The molecule has 5 aromatic carbocycles. The van der Waals surface area contributed by atoms with E-state index in [1.807, 2.05) is 12.1 Å². The van der Waals surface area contributed by atoms with Crippen LogP contribution >= 0.6 is 0 Å². The van der Waals surface area contributed by atoms with Crippen LogP contribution in [0.1, 0.15) is 42.5 Å². The van der Waals surface area contributed by atoms with Gasteiger partial charge in [0.15, 0.2) is 5.58 Å². The standard InChI is InChI=1S/C45H32N4O/c1-27-15-17-30(26-47)43(49-39-14-8-6-12-33(39)36-23-28(25-46)16-21-40(36)49)42(27)29-18-22-41-37(24-29)35-20-19-34-32-11-5-7-13-38(32)48(44(34)45(35)50-41)31-9-3-2-4-10-31/h2-14,16,18-22,24,27-28,42H,15,17,23H2,1H3. The zero-order chi connectivity index (χ0) is 33.5. The van der Waals surface area contributed by atoms with Crippen LogP contribution in [0.15, 0.2) is 125 Å². The van der Waals surface area contributed by atoms with Crippen LogP contribution in [0, 0.1) is 34.5 Å². The lowest BCUT2D eigenvalue weighted by molar-refractivity contribution is 0.463. The summed E-state index contributed by atoms with van der Waals surface area (Å²) in [6.07, 6.45) is 6.48. The lowest BCUT2D eigenvalue weighted by Crippen LogP contribution is -2.22. The summed E-state index contributed by atoms with van der Waals surface area (Å²) in [5, 5.41) is 26.1. The highest BCUT2D eigenvalue weighted by Gasteiger charge is 2.35. The van der Waals surface area contributed by atoms with Crippen LogP contribution in [0.5, 0.6) is 0 Å². The number of nitriles is 2. The first-order chi connectivity index (χ1) is 24.6. The molecule has 0 saturated heterocycles. The van der Waals surface area contributed by atoms with Gasteiger partial charge >= 0.3 is 0 Å². The molecular weight excluding hydrogens is 613 g/mol. The Balaban J connectivity index is 1.22. The van der Waals surface area contributed by atoms with Crippen molar-refractivity contribution in [1.82, 2.24) is 9.13 Å².